The summed E-state index contributed by atoms with van der Waals surface area (Å²) in [5.41, 5.74) is 3.26. The largest absolute Gasteiger partial charge is 0.427 e. The van der Waals surface area contributed by atoms with Gasteiger partial charge in [0.15, 0.2) is 0 Å². The molecule has 0 aliphatic carbocycles. The Morgan fingerprint density at radius 1 is 1.27 bits per heavy atom. The summed E-state index contributed by atoms with van der Waals surface area (Å²) in [6.07, 6.45) is -2.15. The minimum atomic E-state index is -4.49. The quantitative estimate of drug-likeness (QED) is 0.378. The lowest BCUT2D eigenvalue weighted by Crippen LogP contribution is -2.37. The van der Waals surface area contributed by atoms with Gasteiger partial charge in [-0.2, -0.15) is 13.2 Å². The maximum atomic E-state index is 13.2. The van der Waals surface area contributed by atoms with Gasteiger partial charge in [-0.05, 0) is 42.0 Å². The molecule has 1 aliphatic heterocycles. The lowest BCUT2D eigenvalue weighted by molar-refractivity contribution is -0.138. The summed E-state index contributed by atoms with van der Waals surface area (Å²) in [5.74, 6) is 0.411. The number of nitrogens with zero attached hydrogens (tertiary/aromatic N) is 2. The van der Waals surface area contributed by atoms with E-state index in [4.69, 9.17) is 4.74 Å². The van der Waals surface area contributed by atoms with Gasteiger partial charge in [0.05, 0.1) is 24.3 Å². The Morgan fingerprint density at radius 2 is 1.97 bits per heavy atom. The zero-order valence-corrected chi connectivity index (χ0v) is 17.3. The number of hydrogen-bond donors (Lipinski definition) is 1. The maximum absolute atomic E-state index is 13.2. The summed E-state index contributed by atoms with van der Waals surface area (Å²) in [6.45, 7) is 1.81. The minimum Gasteiger partial charge on any atom is -0.427 e. The number of alkyl halides is 3. The van der Waals surface area contributed by atoms with Gasteiger partial charge in [0.1, 0.15) is 11.6 Å². The summed E-state index contributed by atoms with van der Waals surface area (Å²) >= 11 is 2.92. The fraction of sp³-hybridized carbons (Fsp3) is 0.200. The van der Waals surface area contributed by atoms with Crippen LogP contribution in [0.3, 0.4) is 0 Å². The molecular weight excluding hydrogens is 467 g/mol. The summed E-state index contributed by atoms with van der Waals surface area (Å²) in [7, 11) is 0. The number of ether oxygens (including phenoxy) is 1. The highest BCUT2D eigenvalue weighted by Gasteiger charge is 2.34. The second-order valence-electron chi connectivity index (χ2n) is 6.44. The summed E-state index contributed by atoms with van der Waals surface area (Å²) in [6, 6.07) is 10.6. The Bertz CT molecular complexity index is 977. The Balaban J connectivity index is 1.69. The number of esters is 1. The number of anilines is 1. The molecule has 0 saturated heterocycles. The molecule has 2 aromatic carbocycles. The van der Waals surface area contributed by atoms with E-state index in [1.807, 2.05) is 0 Å². The second-order valence-corrected chi connectivity index (χ2v) is 7.30. The Labute approximate surface area is 179 Å². The van der Waals surface area contributed by atoms with Crippen molar-refractivity contribution in [1.82, 2.24) is 10.3 Å². The number of benzene rings is 2. The van der Waals surface area contributed by atoms with Crippen LogP contribution >= 0.6 is 15.9 Å². The zero-order valence-electron chi connectivity index (χ0n) is 15.7. The van der Waals surface area contributed by atoms with Crippen LogP contribution in [0.4, 0.5) is 18.9 Å². The number of hydrazine groups is 1. The standard InChI is InChI=1S/C20H17BrF3N3O3/c1-13(29)30-16-5-2-14(3-6-16)11-26(12-28)19-8-9-27(25-19)15-4-7-18(21)17(10-15)20(22,23)24/h2-8,10,12,25H,9,11H2,1H3. The zero-order chi connectivity index (χ0) is 21.9. The minimum absolute atomic E-state index is 0.0437. The lowest BCUT2D eigenvalue weighted by atomic mass is 10.2. The molecule has 2 aromatic rings. The van der Waals surface area contributed by atoms with E-state index in [1.165, 1.54) is 22.9 Å². The SMILES string of the molecule is CC(=O)Oc1ccc(CN(C=O)C2=CCN(c3ccc(Br)c(C(F)(F)F)c3)N2)cc1. The number of halogens is 4. The molecule has 1 heterocycles. The summed E-state index contributed by atoms with van der Waals surface area (Å²) < 4.78 is 44.4. The van der Waals surface area contributed by atoms with Crippen LogP contribution < -0.4 is 15.2 Å². The molecule has 10 heteroatoms. The molecule has 0 bridgehead atoms. The molecule has 6 nitrogen and oxygen atoms in total. The molecule has 0 atom stereocenters. The predicted octanol–water partition coefficient (Wildman–Crippen LogP) is 4.22. The van der Waals surface area contributed by atoms with E-state index >= 15 is 0 Å². The van der Waals surface area contributed by atoms with Gasteiger partial charge in [-0.1, -0.05) is 28.1 Å². The Kier molecular flexibility index (Phi) is 6.35. The van der Waals surface area contributed by atoms with Crippen LogP contribution in [0.15, 0.2) is 58.8 Å². The molecule has 0 unspecified atom stereocenters. The summed E-state index contributed by atoms with van der Waals surface area (Å²) in [5, 5.41) is 1.51. The van der Waals surface area contributed by atoms with Crippen molar-refractivity contribution in [3.05, 3.63) is 70.0 Å². The fourth-order valence-corrected chi connectivity index (χ4v) is 3.33. The fourth-order valence-electron chi connectivity index (χ4n) is 2.86. The number of rotatable bonds is 6. The third-order valence-electron chi connectivity index (χ3n) is 4.26. The van der Waals surface area contributed by atoms with Crippen molar-refractivity contribution in [3.63, 3.8) is 0 Å². The van der Waals surface area contributed by atoms with Crippen molar-refractivity contribution in [3.8, 4) is 5.75 Å². The Hall–Kier alpha value is -3.01. The van der Waals surface area contributed by atoms with Crippen LogP contribution in [0.5, 0.6) is 5.75 Å². The molecular formula is C20H17BrF3N3O3. The Morgan fingerprint density at radius 3 is 2.57 bits per heavy atom. The molecule has 0 fully saturated rings. The topological polar surface area (TPSA) is 61.9 Å². The van der Waals surface area contributed by atoms with E-state index in [1.54, 1.807) is 36.4 Å². The van der Waals surface area contributed by atoms with Gasteiger partial charge in [0.25, 0.3) is 0 Å². The molecule has 1 aliphatic rings. The van der Waals surface area contributed by atoms with Gasteiger partial charge in [-0.25, -0.2) is 0 Å². The van der Waals surface area contributed by atoms with E-state index in [9.17, 15) is 22.8 Å². The molecule has 158 valence electrons. The van der Waals surface area contributed by atoms with Gasteiger partial charge in [-0.15, -0.1) is 0 Å². The van der Waals surface area contributed by atoms with Crippen LogP contribution in [0.1, 0.15) is 18.1 Å². The highest BCUT2D eigenvalue weighted by Crippen LogP contribution is 2.37. The van der Waals surface area contributed by atoms with Crippen LogP contribution in [-0.2, 0) is 22.3 Å². The molecule has 0 radical (unpaired) electrons. The first-order chi connectivity index (χ1) is 14.2. The van der Waals surface area contributed by atoms with Gasteiger partial charge >= 0.3 is 12.1 Å². The second kappa shape index (κ2) is 8.78. The average molecular weight is 484 g/mol. The first kappa shape index (κ1) is 21.7. The normalized spacial score (nSPS) is 13.5. The third kappa shape index (κ3) is 5.12. The number of carbonyl (C=O) groups is 2. The molecule has 1 amide bonds. The van der Waals surface area contributed by atoms with Crippen molar-refractivity contribution in [2.45, 2.75) is 19.6 Å². The van der Waals surface area contributed by atoms with Crippen LogP contribution in [0.25, 0.3) is 0 Å². The van der Waals surface area contributed by atoms with E-state index in [2.05, 4.69) is 21.4 Å². The molecule has 3 rings (SSSR count). The number of hydrogen-bond acceptors (Lipinski definition) is 5. The predicted molar refractivity (Wildman–Crippen MR) is 107 cm³/mol. The molecule has 30 heavy (non-hydrogen) atoms. The highest BCUT2D eigenvalue weighted by molar-refractivity contribution is 9.10. The molecule has 1 N–H and O–H groups in total. The number of carbonyl (C=O) groups excluding carboxylic acids is 2. The molecule has 0 spiro atoms. The van der Waals surface area contributed by atoms with E-state index in [0.717, 1.165) is 11.6 Å². The summed E-state index contributed by atoms with van der Waals surface area (Å²) in [4.78, 5) is 24.0. The maximum Gasteiger partial charge on any atom is 0.417 e. The monoisotopic (exact) mass is 483 g/mol. The van der Waals surface area contributed by atoms with Gasteiger partial charge in [0.2, 0.25) is 6.41 Å². The third-order valence-corrected chi connectivity index (χ3v) is 4.95. The lowest BCUT2D eigenvalue weighted by Gasteiger charge is -2.25. The van der Waals surface area contributed by atoms with Gasteiger partial charge < -0.3 is 4.74 Å². The van der Waals surface area contributed by atoms with Gasteiger partial charge in [0, 0.05) is 11.4 Å². The smallest absolute Gasteiger partial charge is 0.417 e. The first-order valence-corrected chi connectivity index (χ1v) is 9.57. The van der Waals surface area contributed by atoms with Crippen LogP contribution in [0.2, 0.25) is 0 Å². The van der Waals surface area contributed by atoms with E-state index < -0.39 is 17.7 Å². The van der Waals surface area contributed by atoms with Crippen molar-refractivity contribution in [1.29, 1.82) is 0 Å². The first-order valence-electron chi connectivity index (χ1n) is 8.78. The molecule has 0 aromatic heterocycles. The van der Waals surface area contributed by atoms with Crippen molar-refractivity contribution < 1.29 is 27.5 Å². The van der Waals surface area contributed by atoms with Crippen LogP contribution in [-0.4, -0.2) is 23.8 Å². The number of amides is 1. The van der Waals surface area contributed by atoms with E-state index in [0.29, 0.717) is 23.7 Å². The van der Waals surface area contributed by atoms with Crippen molar-refractivity contribution >= 4 is 34.0 Å². The van der Waals surface area contributed by atoms with Crippen molar-refractivity contribution in [2.75, 3.05) is 11.6 Å². The average Bonchev–Trinajstić information content (AvgIpc) is 3.16. The number of nitrogens with one attached hydrogen (secondary N) is 1. The molecule has 0 saturated carbocycles. The van der Waals surface area contributed by atoms with Gasteiger partial charge in [-0.3, -0.25) is 24.9 Å². The van der Waals surface area contributed by atoms with Crippen molar-refractivity contribution in [2.24, 2.45) is 0 Å². The van der Waals surface area contributed by atoms with E-state index in [-0.39, 0.29) is 17.6 Å². The highest BCUT2D eigenvalue weighted by atomic mass is 79.9. The van der Waals surface area contributed by atoms with Crippen LogP contribution in [0, 0.1) is 0 Å².